The first kappa shape index (κ1) is 12.1. The van der Waals surface area contributed by atoms with E-state index in [2.05, 4.69) is 0 Å². The molecule has 0 spiro atoms. The van der Waals surface area contributed by atoms with Crippen LogP contribution in [0.25, 0.3) is 0 Å². The fourth-order valence-corrected chi connectivity index (χ4v) is 2.05. The Labute approximate surface area is 102 Å². The van der Waals surface area contributed by atoms with Crippen molar-refractivity contribution in [2.75, 3.05) is 20.3 Å². The third kappa shape index (κ3) is 2.67. The van der Waals surface area contributed by atoms with Gasteiger partial charge in [-0.05, 0) is 30.2 Å². The molecule has 0 aromatic heterocycles. The summed E-state index contributed by atoms with van der Waals surface area (Å²) in [7, 11) is 1.66. The normalized spacial score (nSPS) is 15.2. The van der Waals surface area contributed by atoms with Crippen LogP contribution in [0.15, 0.2) is 18.2 Å². The van der Waals surface area contributed by atoms with Crippen LogP contribution in [0.5, 0.6) is 5.75 Å². The number of hydrogen-bond donors (Lipinski definition) is 0. The van der Waals surface area contributed by atoms with E-state index in [1.165, 1.54) is 0 Å². The van der Waals surface area contributed by atoms with Gasteiger partial charge >= 0.3 is 0 Å². The number of methoxy groups -OCH3 is 1. The van der Waals surface area contributed by atoms with Gasteiger partial charge in [0.1, 0.15) is 5.75 Å². The molecule has 1 atom stereocenters. The highest BCUT2D eigenvalue weighted by Gasteiger charge is 2.18. The molecule has 1 unspecified atom stereocenters. The van der Waals surface area contributed by atoms with Gasteiger partial charge in [0.2, 0.25) is 0 Å². The van der Waals surface area contributed by atoms with Crippen LogP contribution in [0, 0.1) is 5.92 Å². The van der Waals surface area contributed by atoms with Crippen LogP contribution < -0.4 is 4.74 Å². The standard InChI is InChI=1S/C14H18O3/c1-10(5-7-16-2)14(15)12-3-4-13-11(9-12)6-8-17-13/h3-4,9-10H,5-8H2,1-2H3. The molecule has 0 saturated carbocycles. The molecular weight excluding hydrogens is 216 g/mol. The molecule has 0 N–H and O–H groups in total. The van der Waals surface area contributed by atoms with Gasteiger partial charge in [0.05, 0.1) is 6.61 Å². The van der Waals surface area contributed by atoms with Gasteiger partial charge in [0, 0.05) is 31.6 Å². The maximum Gasteiger partial charge on any atom is 0.165 e. The zero-order valence-corrected chi connectivity index (χ0v) is 10.4. The number of rotatable bonds is 5. The predicted molar refractivity (Wildman–Crippen MR) is 65.6 cm³/mol. The fraction of sp³-hybridized carbons (Fsp3) is 0.500. The molecule has 3 nitrogen and oxygen atoms in total. The van der Waals surface area contributed by atoms with Crippen molar-refractivity contribution >= 4 is 5.78 Å². The second kappa shape index (κ2) is 5.32. The van der Waals surface area contributed by atoms with E-state index in [0.717, 1.165) is 36.3 Å². The average Bonchev–Trinajstić information content (AvgIpc) is 2.81. The molecule has 1 aliphatic rings. The van der Waals surface area contributed by atoms with Crippen LogP contribution in [-0.4, -0.2) is 26.1 Å². The summed E-state index contributed by atoms with van der Waals surface area (Å²) in [5.41, 5.74) is 1.94. The molecule has 1 heterocycles. The molecule has 1 aliphatic heterocycles. The van der Waals surface area contributed by atoms with Crippen molar-refractivity contribution in [1.82, 2.24) is 0 Å². The molecule has 0 saturated heterocycles. The van der Waals surface area contributed by atoms with Gasteiger partial charge in [-0.2, -0.15) is 0 Å². The molecule has 17 heavy (non-hydrogen) atoms. The summed E-state index contributed by atoms with van der Waals surface area (Å²) in [6.07, 6.45) is 1.67. The summed E-state index contributed by atoms with van der Waals surface area (Å²) in [6.45, 7) is 3.30. The minimum Gasteiger partial charge on any atom is -0.493 e. The van der Waals surface area contributed by atoms with Crippen molar-refractivity contribution in [2.45, 2.75) is 19.8 Å². The smallest absolute Gasteiger partial charge is 0.165 e. The Morgan fingerprint density at radius 3 is 3.12 bits per heavy atom. The number of carbonyl (C=O) groups is 1. The number of carbonyl (C=O) groups excluding carboxylic acids is 1. The highest BCUT2D eigenvalue weighted by Crippen LogP contribution is 2.27. The van der Waals surface area contributed by atoms with E-state index < -0.39 is 0 Å². The van der Waals surface area contributed by atoms with Crippen molar-refractivity contribution in [1.29, 1.82) is 0 Å². The highest BCUT2D eigenvalue weighted by atomic mass is 16.5. The zero-order valence-electron chi connectivity index (χ0n) is 10.4. The fourth-order valence-electron chi connectivity index (χ4n) is 2.05. The third-order valence-electron chi connectivity index (χ3n) is 3.18. The maximum atomic E-state index is 12.2. The predicted octanol–water partition coefficient (Wildman–Crippen LogP) is 2.48. The summed E-state index contributed by atoms with van der Waals surface area (Å²) >= 11 is 0. The van der Waals surface area contributed by atoms with Crippen molar-refractivity contribution in [3.05, 3.63) is 29.3 Å². The monoisotopic (exact) mass is 234 g/mol. The molecule has 3 heteroatoms. The molecule has 0 fully saturated rings. The lowest BCUT2D eigenvalue weighted by Crippen LogP contribution is -2.13. The first-order valence-electron chi connectivity index (χ1n) is 6.01. The number of hydrogen-bond acceptors (Lipinski definition) is 3. The topological polar surface area (TPSA) is 35.5 Å². The van der Waals surface area contributed by atoms with Gasteiger partial charge in [0.15, 0.2) is 5.78 Å². The Balaban J connectivity index is 2.09. The van der Waals surface area contributed by atoms with Crippen LogP contribution in [-0.2, 0) is 11.2 Å². The Bertz CT molecular complexity index is 412. The summed E-state index contributed by atoms with van der Waals surface area (Å²) in [5.74, 6) is 1.12. The summed E-state index contributed by atoms with van der Waals surface area (Å²) in [4.78, 5) is 12.2. The minimum absolute atomic E-state index is 0.00956. The van der Waals surface area contributed by atoms with Crippen molar-refractivity contribution in [2.24, 2.45) is 5.92 Å². The second-order valence-electron chi connectivity index (χ2n) is 4.47. The van der Waals surface area contributed by atoms with Crippen LogP contribution in [0.2, 0.25) is 0 Å². The lowest BCUT2D eigenvalue weighted by atomic mass is 9.95. The first-order chi connectivity index (χ1) is 8.22. The third-order valence-corrected chi connectivity index (χ3v) is 3.18. The molecule has 1 aromatic carbocycles. The quantitative estimate of drug-likeness (QED) is 0.734. The van der Waals surface area contributed by atoms with E-state index in [4.69, 9.17) is 9.47 Å². The number of benzene rings is 1. The van der Waals surface area contributed by atoms with Crippen molar-refractivity contribution in [3.63, 3.8) is 0 Å². The van der Waals surface area contributed by atoms with Gasteiger partial charge in [-0.15, -0.1) is 0 Å². The van der Waals surface area contributed by atoms with Crippen LogP contribution in [0.4, 0.5) is 0 Å². The lowest BCUT2D eigenvalue weighted by molar-refractivity contribution is 0.0893. The van der Waals surface area contributed by atoms with E-state index in [9.17, 15) is 4.79 Å². The Morgan fingerprint density at radius 2 is 2.35 bits per heavy atom. The van der Waals surface area contributed by atoms with Crippen LogP contribution in [0.3, 0.4) is 0 Å². The van der Waals surface area contributed by atoms with E-state index in [1.54, 1.807) is 7.11 Å². The summed E-state index contributed by atoms with van der Waals surface area (Å²) in [6, 6.07) is 5.72. The summed E-state index contributed by atoms with van der Waals surface area (Å²) in [5, 5.41) is 0. The Morgan fingerprint density at radius 1 is 1.53 bits per heavy atom. The molecule has 0 bridgehead atoms. The largest absolute Gasteiger partial charge is 0.493 e. The number of ether oxygens (including phenoxy) is 2. The Kier molecular flexibility index (Phi) is 3.79. The number of Topliss-reactive ketones (excluding diaryl/α,β-unsaturated/α-hetero) is 1. The van der Waals surface area contributed by atoms with Gasteiger partial charge in [-0.3, -0.25) is 4.79 Å². The van der Waals surface area contributed by atoms with Crippen molar-refractivity contribution in [3.8, 4) is 5.75 Å². The molecule has 92 valence electrons. The first-order valence-corrected chi connectivity index (χ1v) is 6.01. The zero-order chi connectivity index (χ0) is 12.3. The van der Waals surface area contributed by atoms with Gasteiger partial charge in [0.25, 0.3) is 0 Å². The Hall–Kier alpha value is -1.35. The van der Waals surface area contributed by atoms with E-state index in [0.29, 0.717) is 6.61 Å². The molecule has 1 aromatic rings. The number of fused-ring (bicyclic) bond motifs is 1. The van der Waals surface area contributed by atoms with Crippen LogP contribution >= 0.6 is 0 Å². The van der Waals surface area contributed by atoms with Gasteiger partial charge < -0.3 is 9.47 Å². The summed E-state index contributed by atoms with van der Waals surface area (Å²) < 4.78 is 10.4. The molecule has 0 aliphatic carbocycles. The SMILES string of the molecule is COCCC(C)C(=O)c1ccc2c(c1)CCO2. The average molecular weight is 234 g/mol. The highest BCUT2D eigenvalue weighted by molar-refractivity contribution is 5.98. The van der Waals surface area contributed by atoms with E-state index >= 15 is 0 Å². The molecular formula is C14H18O3. The van der Waals surface area contributed by atoms with Crippen LogP contribution in [0.1, 0.15) is 29.3 Å². The molecule has 0 amide bonds. The second-order valence-corrected chi connectivity index (χ2v) is 4.47. The van der Waals surface area contributed by atoms with Gasteiger partial charge in [-0.1, -0.05) is 6.92 Å². The number of ketones is 1. The maximum absolute atomic E-state index is 12.2. The van der Waals surface area contributed by atoms with Crippen molar-refractivity contribution < 1.29 is 14.3 Å². The lowest BCUT2D eigenvalue weighted by Gasteiger charge is -2.10. The minimum atomic E-state index is 0.00956. The van der Waals surface area contributed by atoms with E-state index in [1.807, 2.05) is 25.1 Å². The van der Waals surface area contributed by atoms with Gasteiger partial charge in [-0.25, -0.2) is 0 Å². The molecule has 0 radical (unpaired) electrons. The molecule has 2 rings (SSSR count). The van der Waals surface area contributed by atoms with E-state index in [-0.39, 0.29) is 11.7 Å².